The van der Waals surface area contributed by atoms with Gasteiger partial charge in [0.2, 0.25) is 5.91 Å². The molecule has 29 heavy (non-hydrogen) atoms. The molecule has 0 aliphatic carbocycles. The van der Waals surface area contributed by atoms with Gasteiger partial charge >= 0.3 is 12.0 Å². The summed E-state index contributed by atoms with van der Waals surface area (Å²) in [6.07, 6.45) is 17.3. The summed E-state index contributed by atoms with van der Waals surface area (Å²) >= 11 is 0. The van der Waals surface area contributed by atoms with Crippen molar-refractivity contribution in [3.63, 3.8) is 0 Å². The summed E-state index contributed by atoms with van der Waals surface area (Å²) in [6, 6.07) is -0.0795. The number of carbonyl (C=O) groups is 3. The average Bonchev–Trinajstić information content (AvgIpc) is 2.71. The summed E-state index contributed by atoms with van der Waals surface area (Å²) in [4.78, 5) is 33.6. The first-order chi connectivity index (χ1) is 14.1. The van der Waals surface area contributed by atoms with Gasteiger partial charge in [0.25, 0.3) is 0 Å². The molecule has 0 bridgehead atoms. The number of carbonyl (C=O) groups excluding carboxylic acids is 3. The van der Waals surface area contributed by atoms with Gasteiger partial charge in [-0.3, -0.25) is 9.59 Å². The number of ether oxygens (including phenoxy) is 1. The Morgan fingerprint density at radius 1 is 0.759 bits per heavy atom. The molecular formula is C22H41N3O4. The molecule has 0 aromatic carbocycles. The maximum atomic E-state index is 11.5. The van der Waals surface area contributed by atoms with Crippen LogP contribution in [0.5, 0.6) is 0 Å². The second-order valence-electron chi connectivity index (χ2n) is 7.12. The Balaban J connectivity index is 3.27. The number of hydrogen-bond donors (Lipinski definition) is 3. The summed E-state index contributed by atoms with van der Waals surface area (Å²) in [6.45, 7) is 3.26. The van der Waals surface area contributed by atoms with Crippen LogP contribution in [0.4, 0.5) is 4.79 Å². The first-order valence-corrected chi connectivity index (χ1v) is 11.1. The molecule has 0 saturated heterocycles. The lowest BCUT2D eigenvalue weighted by molar-refractivity contribution is -0.141. The first kappa shape index (κ1) is 27.0. The Hall–Kier alpha value is -2.05. The minimum Gasteiger partial charge on any atom is -0.468 e. The maximum absolute atomic E-state index is 11.5. The fourth-order valence-electron chi connectivity index (χ4n) is 2.81. The van der Waals surface area contributed by atoms with Crippen molar-refractivity contribution < 1.29 is 19.1 Å². The molecule has 3 amide bonds. The van der Waals surface area contributed by atoms with Crippen molar-refractivity contribution in [2.75, 3.05) is 26.7 Å². The molecule has 0 aliphatic heterocycles. The maximum Gasteiger partial charge on any atom is 0.325 e. The van der Waals surface area contributed by atoms with Crippen LogP contribution in [0.2, 0.25) is 0 Å². The zero-order valence-electron chi connectivity index (χ0n) is 18.4. The van der Waals surface area contributed by atoms with Gasteiger partial charge in [-0.25, -0.2) is 4.79 Å². The molecule has 3 N–H and O–H groups in total. The van der Waals surface area contributed by atoms with Crippen LogP contribution >= 0.6 is 0 Å². The van der Waals surface area contributed by atoms with Crippen LogP contribution in [-0.4, -0.2) is 44.7 Å². The smallest absolute Gasteiger partial charge is 0.325 e. The lowest BCUT2D eigenvalue weighted by atomic mass is 10.1. The number of unbranched alkanes of at least 4 members (excludes halogenated alkanes) is 9. The van der Waals surface area contributed by atoms with Gasteiger partial charge in [0, 0.05) is 19.5 Å². The Labute approximate surface area is 176 Å². The molecule has 0 fully saturated rings. The van der Waals surface area contributed by atoms with Crippen LogP contribution in [0.15, 0.2) is 12.2 Å². The van der Waals surface area contributed by atoms with Crippen molar-refractivity contribution in [1.29, 1.82) is 0 Å². The third kappa shape index (κ3) is 20.5. The summed E-state index contributed by atoms with van der Waals surface area (Å²) < 4.78 is 4.47. The number of urea groups is 1. The number of rotatable bonds is 18. The molecule has 0 aromatic rings. The fourth-order valence-corrected chi connectivity index (χ4v) is 2.81. The topological polar surface area (TPSA) is 96.5 Å². The van der Waals surface area contributed by atoms with Crippen molar-refractivity contribution in [3.05, 3.63) is 12.2 Å². The predicted molar refractivity (Wildman–Crippen MR) is 117 cm³/mol. The van der Waals surface area contributed by atoms with Crippen molar-refractivity contribution in [1.82, 2.24) is 16.0 Å². The average molecular weight is 412 g/mol. The van der Waals surface area contributed by atoms with E-state index in [4.69, 9.17) is 0 Å². The van der Waals surface area contributed by atoms with Crippen molar-refractivity contribution >= 4 is 17.9 Å². The number of methoxy groups -OCH3 is 1. The lowest BCUT2D eigenvalue weighted by Crippen LogP contribution is -2.35. The highest BCUT2D eigenvalue weighted by atomic mass is 16.5. The number of nitrogens with one attached hydrogen (secondary N) is 3. The minimum atomic E-state index is -0.418. The van der Waals surface area contributed by atoms with Crippen molar-refractivity contribution in [2.45, 2.75) is 84.0 Å². The quantitative estimate of drug-likeness (QED) is 0.181. The Bertz CT molecular complexity index is 467. The highest BCUT2D eigenvalue weighted by Crippen LogP contribution is 2.10. The van der Waals surface area contributed by atoms with Gasteiger partial charge in [0.1, 0.15) is 6.54 Å². The van der Waals surface area contributed by atoms with E-state index in [0.717, 1.165) is 51.5 Å². The van der Waals surface area contributed by atoms with Crippen LogP contribution in [0, 0.1) is 0 Å². The summed E-state index contributed by atoms with van der Waals surface area (Å²) in [5.74, 6) is -0.501. The van der Waals surface area contributed by atoms with E-state index in [1.807, 2.05) is 6.92 Å². The van der Waals surface area contributed by atoms with Crippen LogP contribution in [0.1, 0.15) is 84.0 Å². The van der Waals surface area contributed by atoms with Gasteiger partial charge < -0.3 is 20.7 Å². The van der Waals surface area contributed by atoms with Gasteiger partial charge in [-0.2, -0.15) is 0 Å². The van der Waals surface area contributed by atoms with Crippen molar-refractivity contribution in [2.24, 2.45) is 0 Å². The van der Waals surface area contributed by atoms with Crippen LogP contribution in [-0.2, 0) is 14.3 Å². The molecule has 0 atom stereocenters. The molecule has 0 aromatic heterocycles. The molecule has 0 unspecified atom stereocenters. The minimum absolute atomic E-state index is 0.0429. The summed E-state index contributed by atoms with van der Waals surface area (Å²) in [5.41, 5.74) is 0. The molecule has 0 radical (unpaired) electrons. The van der Waals surface area contributed by atoms with Gasteiger partial charge in [-0.15, -0.1) is 0 Å². The second kappa shape index (κ2) is 20.7. The van der Waals surface area contributed by atoms with Gasteiger partial charge in [-0.05, 0) is 45.4 Å². The molecule has 0 heterocycles. The molecule has 0 aliphatic rings. The molecule has 0 spiro atoms. The standard InChI is InChI=1S/C22H41N3O4/c1-3-23-22(28)24-18-16-14-12-10-8-6-4-5-7-9-11-13-15-17-20(26)25-19-21(27)29-2/h8,10H,3-7,9,11-19H2,1-2H3,(H,25,26)(H2,23,24,28). The number of allylic oxidation sites excluding steroid dienone is 2. The molecule has 0 saturated carbocycles. The molecule has 7 nitrogen and oxygen atoms in total. The summed E-state index contributed by atoms with van der Waals surface area (Å²) in [5, 5.41) is 8.10. The zero-order chi connectivity index (χ0) is 21.6. The van der Waals surface area contributed by atoms with Crippen LogP contribution in [0.25, 0.3) is 0 Å². The molecule has 7 heteroatoms. The van der Waals surface area contributed by atoms with E-state index in [-0.39, 0.29) is 18.5 Å². The Morgan fingerprint density at radius 3 is 1.97 bits per heavy atom. The van der Waals surface area contributed by atoms with E-state index in [1.165, 1.54) is 32.8 Å². The SMILES string of the molecule is CCNC(=O)NCCCCC=CCCCCCCCCCC(=O)NCC(=O)OC. The lowest BCUT2D eigenvalue weighted by Gasteiger charge is -2.04. The van der Waals surface area contributed by atoms with Gasteiger partial charge in [0.05, 0.1) is 7.11 Å². The monoisotopic (exact) mass is 411 g/mol. The number of hydrogen-bond acceptors (Lipinski definition) is 4. The first-order valence-electron chi connectivity index (χ1n) is 11.1. The van der Waals surface area contributed by atoms with Gasteiger partial charge in [-0.1, -0.05) is 44.3 Å². The second-order valence-corrected chi connectivity index (χ2v) is 7.12. The van der Waals surface area contributed by atoms with Crippen LogP contribution in [0.3, 0.4) is 0 Å². The molecule has 168 valence electrons. The fraction of sp³-hybridized carbons (Fsp3) is 0.773. The third-order valence-electron chi connectivity index (χ3n) is 4.52. The van der Waals surface area contributed by atoms with Crippen LogP contribution < -0.4 is 16.0 Å². The molecule has 0 rings (SSSR count). The van der Waals surface area contributed by atoms with Crippen molar-refractivity contribution in [3.8, 4) is 0 Å². The van der Waals surface area contributed by atoms with E-state index in [1.54, 1.807) is 0 Å². The predicted octanol–water partition coefficient (Wildman–Crippen LogP) is 3.83. The zero-order valence-corrected chi connectivity index (χ0v) is 18.4. The van der Waals surface area contributed by atoms with E-state index < -0.39 is 5.97 Å². The van der Waals surface area contributed by atoms with Gasteiger partial charge in [0.15, 0.2) is 0 Å². The Morgan fingerprint density at radius 2 is 1.34 bits per heavy atom. The highest BCUT2D eigenvalue weighted by molar-refractivity contribution is 5.81. The van der Waals surface area contributed by atoms with E-state index in [9.17, 15) is 14.4 Å². The normalized spacial score (nSPS) is 10.7. The largest absolute Gasteiger partial charge is 0.468 e. The summed E-state index contributed by atoms with van der Waals surface area (Å²) in [7, 11) is 1.31. The Kier molecular flexibility index (Phi) is 19.2. The van der Waals surface area contributed by atoms with E-state index >= 15 is 0 Å². The third-order valence-corrected chi connectivity index (χ3v) is 4.52. The highest BCUT2D eigenvalue weighted by Gasteiger charge is 2.04. The number of esters is 1. The van der Waals surface area contributed by atoms with E-state index in [2.05, 4.69) is 32.8 Å². The van der Waals surface area contributed by atoms with E-state index in [0.29, 0.717) is 13.0 Å². The number of amides is 3. The molecular weight excluding hydrogens is 370 g/mol.